The van der Waals surface area contributed by atoms with Crippen LogP contribution in [0.5, 0.6) is 5.88 Å². The van der Waals surface area contributed by atoms with Gasteiger partial charge in [-0.25, -0.2) is 4.98 Å². The summed E-state index contributed by atoms with van der Waals surface area (Å²) in [6.45, 7) is 0. The highest BCUT2D eigenvalue weighted by Gasteiger charge is 1.93. The summed E-state index contributed by atoms with van der Waals surface area (Å²) in [5.74, 6) is 0.0329. The average molecular weight is 146 g/mol. The van der Waals surface area contributed by atoms with Crippen LogP contribution in [-0.2, 0) is 0 Å². The van der Waals surface area contributed by atoms with Crippen molar-refractivity contribution in [2.45, 2.75) is 0 Å². The third-order valence-corrected chi connectivity index (χ3v) is 1.48. The molecule has 0 bridgehead atoms. The predicted molar refractivity (Wildman–Crippen MR) is 41.2 cm³/mol. The second kappa shape index (κ2) is 2.20. The molecule has 0 unspecified atom stereocenters. The van der Waals surface area contributed by atoms with E-state index in [0.29, 0.717) is 5.52 Å². The first-order valence-electron chi connectivity index (χ1n) is 3.26. The Bertz CT molecular complexity index is 387. The monoisotopic (exact) mass is 146 g/mol. The summed E-state index contributed by atoms with van der Waals surface area (Å²) in [5.41, 5.74) is 0.715. The molecule has 11 heavy (non-hydrogen) atoms. The molecule has 3 heteroatoms. The third-order valence-electron chi connectivity index (χ3n) is 1.48. The summed E-state index contributed by atoms with van der Waals surface area (Å²) < 4.78 is 0. The maximum atomic E-state index is 8.99. The van der Waals surface area contributed by atoms with Crippen LogP contribution in [0.2, 0.25) is 0 Å². The van der Waals surface area contributed by atoms with Crippen LogP contribution in [0.3, 0.4) is 0 Å². The molecule has 54 valence electrons. The second-order valence-corrected chi connectivity index (χ2v) is 2.24. The van der Waals surface area contributed by atoms with Crippen LogP contribution in [-0.4, -0.2) is 15.1 Å². The molecule has 2 aromatic rings. The van der Waals surface area contributed by atoms with Gasteiger partial charge in [0, 0.05) is 17.6 Å². The highest BCUT2D eigenvalue weighted by Crippen LogP contribution is 2.12. The Morgan fingerprint density at radius 1 is 1.18 bits per heavy atom. The minimum absolute atomic E-state index is 0.0329. The number of rotatable bonds is 0. The Hall–Kier alpha value is -1.64. The molecule has 0 saturated heterocycles. The van der Waals surface area contributed by atoms with Crippen molar-refractivity contribution in [1.29, 1.82) is 0 Å². The number of fused-ring (bicyclic) bond motifs is 1. The van der Waals surface area contributed by atoms with E-state index in [1.165, 1.54) is 0 Å². The van der Waals surface area contributed by atoms with Crippen LogP contribution < -0.4 is 0 Å². The number of aromatic nitrogens is 2. The van der Waals surface area contributed by atoms with Gasteiger partial charge in [0.2, 0.25) is 5.88 Å². The van der Waals surface area contributed by atoms with E-state index in [-0.39, 0.29) is 5.88 Å². The van der Waals surface area contributed by atoms with Gasteiger partial charge in [0.15, 0.2) is 0 Å². The van der Waals surface area contributed by atoms with Gasteiger partial charge in [0.1, 0.15) is 0 Å². The van der Waals surface area contributed by atoms with Crippen molar-refractivity contribution in [1.82, 2.24) is 9.97 Å². The Kier molecular flexibility index (Phi) is 1.22. The summed E-state index contributed by atoms with van der Waals surface area (Å²) >= 11 is 0. The summed E-state index contributed by atoms with van der Waals surface area (Å²) in [6.07, 6.45) is 3.32. The van der Waals surface area contributed by atoms with E-state index in [4.69, 9.17) is 5.11 Å². The van der Waals surface area contributed by atoms with E-state index in [1.807, 2.05) is 6.07 Å². The van der Waals surface area contributed by atoms with Crippen molar-refractivity contribution in [3.05, 3.63) is 30.6 Å². The van der Waals surface area contributed by atoms with Gasteiger partial charge in [-0.3, -0.25) is 4.98 Å². The van der Waals surface area contributed by atoms with Gasteiger partial charge in [-0.2, -0.15) is 0 Å². The van der Waals surface area contributed by atoms with Crippen LogP contribution in [0.4, 0.5) is 0 Å². The maximum Gasteiger partial charge on any atom is 0.211 e. The summed E-state index contributed by atoms with van der Waals surface area (Å²) in [7, 11) is 0. The van der Waals surface area contributed by atoms with Crippen molar-refractivity contribution in [2.24, 2.45) is 0 Å². The summed E-state index contributed by atoms with van der Waals surface area (Å²) in [5, 5.41) is 9.98. The van der Waals surface area contributed by atoms with Gasteiger partial charge in [0.05, 0.1) is 11.7 Å². The lowest BCUT2D eigenvalue weighted by Gasteiger charge is -1.94. The molecule has 0 fully saturated rings. The first kappa shape index (κ1) is 6.09. The molecule has 2 aromatic heterocycles. The largest absolute Gasteiger partial charge is 0.493 e. The number of pyridine rings is 2. The van der Waals surface area contributed by atoms with Crippen molar-refractivity contribution < 1.29 is 5.11 Å². The lowest BCUT2D eigenvalue weighted by atomic mass is 10.3. The van der Waals surface area contributed by atoms with Crippen molar-refractivity contribution in [3.63, 3.8) is 0 Å². The molecule has 2 rings (SSSR count). The van der Waals surface area contributed by atoms with E-state index < -0.39 is 0 Å². The van der Waals surface area contributed by atoms with E-state index in [0.717, 1.165) is 5.39 Å². The molecule has 3 nitrogen and oxygen atoms in total. The zero-order valence-electron chi connectivity index (χ0n) is 5.73. The number of aromatic hydroxyl groups is 1. The minimum atomic E-state index is 0.0329. The smallest absolute Gasteiger partial charge is 0.211 e. The standard InChI is InChI=1S/C8H6N2O/c11-8-2-1-6-3-4-9-5-7(6)10-8/h1-5H,(H,10,11). The van der Waals surface area contributed by atoms with Crippen LogP contribution in [0.1, 0.15) is 0 Å². The maximum absolute atomic E-state index is 8.99. The normalized spacial score (nSPS) is 10.2. The van der Waals surface area contributed by atoms with Crippen molar-refractivity contribution >= 4 is 10.9 Å². The van der Waals surface area contributed by atoms with Gasteiger partial charge in [-0.1, -0.05) is 0 Å². The summed E-state index contributed by atoms with van der Waals surface area (Å²) in [4.78, 5) is 7.75. The Morgan fingerprint density at radius 3 is 3.00 bits per heavy atom. The summed E-state index contributed by atoms with van der Waals surface area (Å²) in [6, 6.07) is 5.21. The number of nitrogens with zero attached hydrogens (tertiary/aromatic N) is 2. The van der Waals surface area contributed by atoms with Crippen LogP contribution in [0, 0.1) is 0 Å². The average Bonchev–Trinajstić information content (AvgIpc) is 2.04. The lowest BCUT2D eigenvalue weighted by Crippen LogP contribution is -1.79. The second-order valence-electron chi connectivity index (χ2n) is 2.24. The Labute approximate surface area is 63.3 Å². The molecule has 0 saturated carbocycles. The molecule has 0 aromatic carbocycles. The molecular weight excluding hydrogens is 140 g/mol. The van der Waals surface area contributed by atoms with Crippen LogP contribution >= 0.6 is 0 Å². The molecule has 0 aliphatic heterocycles. The highest BCUT2D eigenvalue weighted by molar-refractivity contribution is 5.77. The van der Waals surface area contributed by atoms with Gasteiger partial charge < -0.3 is 5.11 Å². The molecule has 0 atom stereocenters. The fourth-order valence-electron chi connectivity index (χ4n) is 0.956. The van der Waals surface area contributed by atoms with Gasteiger partial charge >= 0.3 is 0 Å². The fourth-order valence-corrected chi connectivity index (χ4v) is 0.956. The number of hydrogen-bond donors (Lipinski definition) is 1. The van der Waals surface area contributed by atoms with Gasteiger partial charge in [-0.15, -0.1) is 0 Å². The highest BCUT2D eigenvalue weighted by atomic mass is 16.3. The molecule has 0 aliphatic rings. The van der Waals surface area contributed by atoms with Gasteiger partial charge in [-0.05, 0) is 12.1 Å². The SMILES string of the molecule is Oc1ccc2ccncc2n1. The Balaban J connectivity index is 2.83. The van der Waals surface area contributed by atoms with Crippen LogP contribution in [0.15, 0.2) is 30.6 Å². The quantitative estimate of drug-likeness (QED) is 0.610. The van der Waals surface area contributed by atoms with Crippen molar-refractivity contribution in [2.75, 3.05) is 0 Å². The van der Waals surface area contributed by atoms with E-state index in [1.54, 1.807) is 24.5 Å². The molecule has 0 spiro atoms. The lowest BCUT2D eigenvalue weighted by molar-refractivity contribution is 0.456. The van der Waals surface area contributed by atoms with E-state index >= 15 is 0 Å². The molecule has 0 amide bonds. The first-order chi connectivity index (χ1) is 5.36. The predicted octanol–water partition coefficient (Wildman–Crippen LogP) is 1.34. The molecule has 0 radical (unpaired) electrons. The Morgan fingerprint density at radius 2 is 2.09 bits per heavy atom. The number of hydrogen-bond acceptors (Lipinski definition) is 3. The topological polar surface area (TPSA) is 46.0 Å². The molecule has 2 heterocycles. The van der Waals surface area contributed by atoms with Gasteiger partial charge in [0.25, 0.3) is 0 Å². The molecule has 1 N–H and O–H groups in total. The first-order valence-corrected chi connectivity index (χ1v) is 3.26. The third kappa shape index (κ3) is 1.00. The molecule has 0 aliphatic carbocycles. The zero-order chi connectivity index (χ0) is 7.68. The fraction of sp³-hybridized carbons (Fsp3) is 0. The van der Waals surface area contributed by atoms with E-state index in [9.17, 15) is 0 Å². The minimum Gasteiger partial charge on any atom is -0.493 e. The van der Waals surface area contributed by atoms with Crippen LogP contribution in [0.25, 0.3) is 10.9 Å². The van der Waals surface area contributed by atoms with Crippen molar-refractivity contribution in [3.8, 4) is 5.88 Å². The van der Waals surface area contributed by atoms with E-state index in [2.05, 4.69) is 9.97 Å². The molecular formula is C8H6N2O. The zero-order valence-corrected chi connectivity index (χ0v) is 5.73.